The molecule has 7 nitrogen and oxygen atoms in total. The predicted molar refractivity (Wildman–Crippen MR) is 104 cm³/mol. The van der Waals surface area contributed by atoms with Crippen LogP contribution in [-0.2, 0) is 20.0 Å². The highest BCUT2D eigenvalue weighted by atomic mass is 35.5. The van der Waals surface area contributed by atoms with Crippen LogP contribution in [-0.4, -0.2) is 46.3 Å². The van der Waals surface area contributed by atoms with Crippen LogP contribution < -0.4 is 10.5 Å². The molecule has 0 atom stereocenters. The zero-order valence-corrected chi connectivity index (χ0v) is 17.6. The normalized spacial score (nSPS) is 16.4. The van der Waals surface area contributed by atoms with Crippen LogP contribution in [0.1, 0.15) is 39.5 Å². The van der Waals surface area contributed by atoms with Gasteiger partial charge >= 0.3 is 0 Å². The molecule has 1 aliphatic heterocycles. The van der Waals surface area contributed by atoms with Crippen LogP contribution in [0.3, 0.4) is 0 Å². The summed E-state index contributed by atoms with van der Waals surface area (Å²) in [5.74, 6) is 0. The fourth-order valence-electron chi connectivity index (χ4n) is 3.02. The fraction of sp³-hybridized carbons (Fsp3) is 0.625. The third kappa shape index (κ3) is 4.58. The van der Waals surface area contributed by atoms with Gasteiger partial charge in [-0.3, -0.25) is 0 Å². The van der Waals surface area contributed by atoms with Crippen LogP contribution in [0.15, 0.2) is 34.1 Å². The van der Waals surface area contributed by atoms with Gasteiger partial charge in [-0.05, 0) is 37.8 Å². The first kappa shape index (κ1) is 23.3. The average molecular weight is 426 g/mol. The van der Waals surface area contributed by atoms with Crippen molar-refractivity contribution in [2.75, 3.05) is 19.6 Å². The van der Waals surface area contributed by atoms with Gasteiger partial charge in [-0.2, -0.15) is 4.31 Å². The molecule has 150 valence electrons. The summed E-state index contributed by atoms with van der Waals surface area (Å²) in [6.07, 6.45) is 2.60. The van der Waals surface area contributed by atoms with E-state index in [9.17, 15) is 16.8 Å². The Morgan fingerprint density at radius 2 is 1.54 bits per heavy atom. The van der Waals surface area contributed by atoms with Crippen molar-refractivity contribution in [1.29, 1.82) is 0 Å². The standard InChI is InChI=1S/C16H27N3O4S2.ClH/c1-3-16(4-2,13-17)18-24(20,21)14-9-5-6-10-15(14)25(22,23)19-11-7-8-12-19;/h5-6,9-10,18H,3-4,7-8,11-13,17H2,1-2H3;1H. The summed E-state index contributed by atoms with van der Waals surface area (Å²) >= 11 is 0. The van der Waals surface area contributed by atoms with E-state index < -0.39 is 25.6 Å². The summed E-state index contributed by atoms with van der Waals surface area (Å²) in [4.78, 5) is -0.399. The van der Waals surface area contributed by atoms with Crippen molar-refractivity contribution < 1.29 is 16.8 Å². The Labute approximate surface area is 162 Å². The predicted octanol–water partition coefficient (Wildman–Crippen LogP) is 1.69. The van der Waals surface area contributed by atoms with E-state index in [0.717, 1.165) is 12.8 Å². The van der Waals surface area contributed by atoms with E-state index in [2.05, 4.69) is 4.72 Å². The van der Waals surface area contributed by atoms with Crippen LogP contribution in [0.2, 0.25) is 0 Å². The summed E-state index contributed by atoms with van der Waals surface area (Å²) in [6, 6.07) is 5.75. The molecule has 3 N–H and O–H groups in total. The lowest BCUT2D eigenvalue weighted by Gasteiger charge is -2.31. The number of rotatable bonds is 8. The molecule has 1 fully saturated rings. The highest BCUT2D eigenvalue weighted by Crippen LogP contribution is 2.28. The lowest BCUT2D eigenvalue weighted by molar-refractivity contribution is 0.362. The van der Waals surface area contributed by atoms with Gasteiger partial charge in [0, 0.05) is 25.2 Å². The third-order valence-electron chi connectivity index (χ3n) is 4.92. The Balaban J connectivity index is 0.00000338. The number of nitrogens with two attached hydrogens (primary N) is 1. The Hall–Kier alpha value is -0.710. The molecule has 1 aromatic carbocycles. The Morgan fingerprint density at radius 3 is 2.00 bits per heavy atom. The third-order valence-corrected chi connectivity index (χ3v) is 8.64. The maximum Gasteiger partial charge on any atom is 0.244 e. The fourth-order valence-corrected chi connectivity index (χ4v) is 6.90. The van der Waals surface area contributed by atoms with Gasteiger partial charge in [0.1, 0.15) is 9.79 Å². The van der Waals surface area contributed by atoms with Crippen molar-refractivity contribution in [1.82, 2.24) is 9.03 Å². The number of nitrogens with zero attached hydrogens (tertiary/aromatic N) is 1. The molecule has 0 unspecified atom stereocenters. The first-order valence-corrected chi connectivity index (χ1v) is 11.5. The second-order valence-electron chi connectivity index (χ2n) is 6.35. The SMILES string of the molecule is CCC(CC)(CN)NS(=O)(=O)c1ccccc1S(=O)(=O)N1CCCC1.Cl. The largest absolute Gasteiger partial charge is 0.329 e. The van der Waals surface area contributed by atoms with Crippen molar-refractivity contribution in [3.05, 3.63) is 24.3 Å². The van der Waals surface area contributed by atoms with Crippen molar-refractivity contribution >= 4 is 32.5 Å². The van der Waals surface area contributed by atoms with Gasteiger partial charge in [-0.15, -0.1) is 12.4 Å². The molecule has 10 heteroatoms. The van der Waals surface area contributed by atoms with E-state index in [1.54, 1.807) is 0 Å². The second kappa shape index (κ2) is 8.99. The van der Waals surface area contributed by atoms with E-state index in [0.29, 0.717) is 25.9 Å². The lowest BCUT2D eigenvalue weighted by atomic mass is 9.95. The summed E-state index contributed by atoms with van der Waals surface area (Å²) in [5.41, 5.74) is 5.00. The van der Waals surface area contributed by atoms with Crippen LogP contribution >= 0.6 is 12.4 Å². The van der Waals surface area contributed by atoms with Crippen LogP contribution in [0.5, 0.6) is 0 Å². The molecule has 0 radical (unpaired) electrons. The topological polar surface area (TPSA) is 110 Å². The molecule has 1 aliphatic rings. The lowest BCUT2D eigenvalue weighted by Crippen LogP contribution is -2.52. The number of nitrogens with one attached hydrogen (secondary N) is 1. The number of hydrogen-bond donors (Lipinski definition) is 2. The van der Waals surface area contributed by atoms with Gasteiger partial charge in [0.2, 0.25) is 20.0 Å². The number of hydrogen-bond acceptors (Lipinski definition) is 5. The summed E-state index contributed by atoms with van der Waals surface area (Å²) < 4.78 is 55.7. The van der Waals surface area contributed by atoms with E-state index in [1.165, 1.54) is 28.6 Å². The summed E-state index contributed by atoms with van der Waals surface area (Å²) in [5, 5.41) is 0. The summed E-state index contributed by atoms with van der Waals surface area (Å²) in [6.45, 7) is 4.68. The zero-order chi connectivity index (χ0) is 18.7. The molecule has 2 rings (SSSR count). The number of halogens is 1. The maximum absolute atomic E-state index is 13.0. The minimum atomic E-state index is -4.03. The Bertz CT molecular complexity index is 794. The van der Waals surface area contributed by atoms with Gasteiger partial charge in [0.15, 0.2) is 0 Å². The van der Waals surface area contributed by atoms with Gasteiger partial charge in [-0.1, -0.05) is 26.0 Å². The maximum atomic E-state index is 13.0. The molecule has 0 spiro atoms. The van der Waals surface area contributed by atoms with Gasteiger partial charge in [0.05, 0.1) is 0 Å². The quantitative estimate of drug-likeness (QED) is 0.658. The minimum Gasteiger partial charge on any atom is -0.329 e. The molecule has 0 aliphatic carbocycles. The minimum absolute atomic E-state index is 0. The van der Waals surface area contributed by atoms with E-state index in [1.807, 2.05) is 13.8 Å². The zero-order valence-electron chi connectivity index (χ0n) is 15.1. The molecule has 0 bridgehead atoms. The molecular formula is C16H28ClN3O4S2. The van der Waals surface area contributed by atoms with Gasteiger partial charge < -0.3 is 5.73 Å². The Morgan fingerprint density at radius 1 is 1.04 bits per heavy atom. The highest BCUT2D eigenvalue weighted by molar-refractivity contribution is 7.92. The monoisotopic (exact) mass is 425 g/mol. The van der Waals surface area contributed by atoms with Crippen LogP contribution in [0.4, 0.5) is 0 Å². The van der Waals surface area contributed by atoms with E-state index in [4.69, 9.17) is 5.73 Å². The van der Waals surface area contributed by atoms with Crippen molar-refractivity contribution in [2.45, 2.75) is 54.9 Å². The van der Waals surface area contributed by atoms with Crippen molar-refractivity contribution in [2.24, 2.45) is 5.73 Å². The van der Waals surface area contributed by atoms with Crippen LogP contribution in [0, 0.1) is 0 Å². The molecule has 0 aromatic heterocycles. The molecule has 1 saturated heterocycles. The van der Waals surface area contributed by atoms with Gasteiger partial charge in [-0.25, -0.2) is 21.6 Å². The highest BCUT2D eigenvalue weighted by Gasteiger charge is 2.36. The molecule has 1 heterocycles. The van der Waals surface area contributed by atoms with Crippen molar-refractivity contribution in [3.8, 4) is 0 Å². The first-order valence-electron chi connectivity index (χ1n) is 8.55. The Kier molecular flexibility index (Phi) is 8.06. The average Bonchev–Trinajstić information content (AvgIpc) is 3.15. The molecule has 1 aromatic rings. The van der Waals surface area contributed by atoms with Crippen LogP contribution in [0.25, 0.3) is 0 Å². The molecule has 0 saturated carbocycles. The number of sulfonamides is 2. The number of benzene rings is 1. The summed E-state index contributed by atoms with van der Waals surface area (Å²) in [7, 11) is -7.88. The molecule has 26 heavy (non-hydrogen) atoms. The first-order chi connectivity index (χ1) is 11.7. The molecular weight excluding hydrogens is 398 g/mol. The smallest absolute Gasteiger partial charge is 0.244 e. The van der Waals surface area contributed by atoms with E-state index >= 15 is 0 Å². The molecule has 0 amide bonds. The van der Waals surface area contributed by atoms with Gasteiger partial charge in [0.25, 0.3) is 0 Å². The second-order valence-corrected chi connectivity index (χ2v) is 9.91. The van der Waals surface area contributed by atoms with Crippen molar-refractivity contribution in [3.63, 3.8) is 0 Å². The van der Waals surface area contributed by atoms with E-state index in [-0.39, 0.29) is 28.7 Å².